The summed E-state index contributed by atoms with van der Waals surface area (Å²) in [5.74, 6) is 1.66. The lowest BCUT2D eigenvalue weighted by molar-refractivity contribution is 0.262. The van der Waals surface area contributed by atoms with E-state index in [9.17, 15) is 4.79 Å². The third-order valence-electron chi connectivity index (χ3n) is 4.55. The molecule has 8 heteroatoms. The third-order valence-corrected chi connectivity index (χ3v) is 4.85. The Morgan fingerprint density at radius 2 is 1.50 bits per heavy atom. The molecule has 0 spiro atoms. The van der Waals surface area contributed by atoms with Gasteiger partial charge in [-0.3, -0.25) is 5.32 Å². The van der Waals surface area contributed by atoms with Crippen molar-refractivity contribution in [2.24, 2.45) is 0 Å². The number of nitrogens with one attached hydrogen (secondary N) is 3. The van der Waals surface area contributed by atoms with Crippen molar-refractivity contribution in [2.75, 3.05) is 23.1 Å². The van der Waals surface area contributed by atoms with Gasteiger partial charge in [0.15, 0.2) is 0 Å². The topological polar surface area (TPSA) is 88.2 Å². The monoisotopic (exact) mass is 445 g/mol. The van der Waals surface area contributed by atoms with E-state index in [1.807, 2.05) is 48.5 Å². The molecule has 0 radical (unpaired) electrons. The number of amides is 2. The van der Waals surface area contributed by atoms with Crippen LogP contribution in [-0.4, -0.2) is 23.1 Å². The maximum Gasteiger partial charge on any atom is 0.324 e. The number of hydrogen-bond donors (Lipinski definition) is 3. The fourth-order valence-corrected chi connectivity index (χ4v) is 3.31. The SMILES string of the molecule is COc1ccc(NC(=O)Nc2cc(-c3ccnc(Nc4ccccc4)c3)ccn2)cc1Cl. The van der Waals surface area contributed by atoms with Crippen molar-refractivity contribution in [3.63, 3.8) is 0 Å². The van der Waals surface area contributed by atoms with Crippen molar-refractivity contribution in [2.45, 2.75) is 0 Å². The molecule has 4 aromatic rings. The van der Waals surface area contributed by atoms with Crippen LogP contribution >= 0.6 is 11.6 Å². The van der Waals surface area contributed by atoms with Crippen molar-refractivity contribution < 1.29 is 9.53 Å². The number of aromatic nitrogens is 2. The van der Waals surface area contributed by atoms with Crippen LogP contribution in [0.15, 0.2) is 85.2 Å². The summed E-state index contributed by atoms with van der Waals surface area (Å²) in [6.45, 7) is 0. The Morgan fingerprint density at radius 1 is 0.812 bits per heavy atom. The predicted molar refractivity (Wildman–Crippen MR) is 128 cm³/mol. The van der Waals surface area contributed by atoms with E-state index in [1.165, 1.54) is 7.11 Å². The first-order chi connectivity index (χ1) is 15.6. The molecule has 2 amide bonds. The van der Waals surface area contributed by atoms with Crippen LogP contribution in [0.3, 0.4) is 0 Å². The lowest BCUT2D eigenvalue weighted by atomic mass is 10.1. The number of carbonyl (C=O) groups is 1. The normalized spacial score (nSPS) is 10.3. The summed E-state index contributed by atoms with van der Waals surface area (Å²) in [6.07, 6.45) is 3.37. The fraction of sp³-hybridized carbons (Fsp3) is 0.0417. The van der Waals surface area contributed by atoms with E-state index in [-0.39, 0.29) is 0 Å². The third kappa shape index (κ3) is 5.33. The molecular weight excluding hydrogens is 426 g/mol. The average molecular weight is 446 g/mol. The highest BCUT2D eigenvalue weighted by molar-refractivity contribution is 6.32. The number of ether oxygens (including phenoxy) is 1. The fourth-order valence-electron chi connectivity index (χ4n) is 3.05. The zero-order valence-electron chi connectivity index (χ0n) is 17.2. The smallest absolute Gasteiger partial charge is 0.324 e. The van der Waals surface area contributed by atoms with E-state index in [1.54, 1.807) is 36.7 Å². The quantitative estimate of drug-likeness (QED) is 0.329. The van der Waals surface area contributed by atoms with Gasteiger partial charge >= 0.3 is 6.03 Å². The van der Waals surface area contributed by atoms with Gasteiger partial charge in [0, 0.05) is 23.8 Å². The van der Waals surface area contributed by atoms with Gasteiger partial charge in [-0.25, -0.2) is 14.8 Å². The lowest BCUT2D eigenvalue weighted by Crippen LogP contribution is -2.20. The van der Waals surface area contributed by atoms with Gasteiger partial charge in [0.25, 0.3) is 0 Å². The van der Waals surface area contributed by atoms with Crippen LogP contribution in [-0.2, 0) is 0 Å². The first kappa shape index (κ1) is 21.1. The Hall–Kier alpha value is -4.10. The van der Waals surface area contributed by atoms with E-state index < -0.39 is 6.03 Å². The maximum absolute atomic E-state index is 12.4. The van der Waals surface area contributed by atoms with Crippen molar-refractivity contribution in [3.05, 3.63) is 90.2 Å². The number of hydrogen-bond acceptors (Lipinski definition) is 5. The van der Waals surface area contributed by atoms with Gasteiger partial charge in [-0.15, -0.1) is 0 Å². The van der Waals surface area contributed by atoms with E-state index in [4.69, 9.17) is 16.3 Å². The molecule has 0 saturated carbocycles. The van der Waals surface area contributed by atoms with Crippen LogP contribution in [0.25, 0.3) is 11.1 Å². The largest absolute Gasteiger partial charge is 0.495 e. The van der Waals surface area contributed by atoms with Gasteiger partial charge in [0.2, 0.25) is 0 Å². The number of carbonyl (C=O) groups excluding carboxylic acids is 1. The highest BCUT2D eigenvalue weighted by Gasteiger charge is 2.08. The number of pyridine rings is 2. The summed E-state index contributed by atoms with van der Waals surface area (Å²) < 4.78 is 5.12. The van der Waals surface area contributed by atoms with Crippen molar-refractivity contribution in [1.82, 2.24) is 9.97 Å². The highest BCUT2D eigenvalue weighted by atomic mass is 35.5. The molecule has 0 aliphatic heterocycles. The molecular formula is C24H20ClN5O2. The molecule has 0 fully saturated rings. The molecule has 0 aliphatic carbocycles. The Kier molecular flexibility index (Phi) is 6.48. The standard InChI is InChI=1S/C24H20ClN5O2/c1-32-21-8-7-19(15-20(21)25)29-24(31)30-23-14-17(10-12-27-23)16-9-11-26-22(13-16)28-18-5-3-2-4-6-18/h2-15H,1H3,(H,26,28)(H2,27,29,30,31). The molecule has 2 aromatic heterocycles. The molecule has 0 unspecified atom stereocenters. The van der Waals surface area contributed by atoms with Crippen LogP contribution in [0.4, 0.5) is 27.8 Å². The van der Waals surface area contributed by atoms with Crippen molar-refractivity contribution in [3.8, 4) is 16.9 Å². The van der Waals surface area contributed by atoms with E-state index in [0.29, 0.717) is 28.1 Å². The van der Waals surface area contributed by atoms with Crippen LogP contribution in [0.5, 0.6) is 5.75 Å². The van der Waals surface area contributed by atoms with Crippen LogP contribution < -0.4 is 20.7 Å². The first-order valence-corrected chi connectivity index (χ1v) is 10.1. The minimum atomic E-state index is -0.433. The molecule has 2 heterocycles. The number of anilines is 4. The van der Waals surface area contributed by atoms with Gasteiger partial charge in [0.1, 0.15) is 17.4 Å². The number of benzene rings is 2. The number of para-hydroxylation sites is 1. The number of halogens is 1. The lowest BCUT2D eigenvalue weighted by Gasteiger charge is -2.11. The first-order valence-electron chi connectivity index (χ1n) is 9.77. The van der Waals surface area contributed by atoms with Gasteiger partial charge in [0.05, 0.1) is 12.1 Å². The van der Waals surface area contributed by atoms with E-state index in [2.05, 4.69) is 25.9 Å². The molecule has 4 rings (SSSR count). The molecule has 3 N–H and O–H groups in total. The molecule has 7 nitrogen and oxygen atoms in total. The van der Waals surface area contributed by atoms with Gasteiger partial charge < -0.3 is 15.4 Å². The summed E-state index contributed by atoms with van der Waals surface area (Å²) in [5, 5.41) is 9.14. The number of methoxy groups -OCH3 is 1. The minimum Gasteiger partial charge on any atom is -0.495 e. The van der Waals surface area contributed by atoms with Gasteiger partial charge in [-0.2, -0.15) is 0 Å². The number of urea groups is 1. The summed E-state index contributed by atoms with van der Waals surface area (Å²) in [5.41, 5.74) is 3.31. The summed E-state index contributed by atoms with van der Waals surface area (Å²) in [7, 11) is 1.53. The van der Waals surface area contributed by atoms with Crippen LogP contribution in [0.2, 0.25) is 5.02 Å². The molecule has 0 atom stereocenters. The van der Waals surface area contributed by atoms with Crippen LogP contribution in [0, 0.1) is 0 Å². The van der Waals surface area contributed by atoms with Crippen molar-refractivity contribution in [1.29, 1.82) is 0 Å². The Morgan fingerprint density at radius 3 is 2.19 bits per heavy atom. The second kappa shape index (κ2) is 9.80. The highest BCUT2D eigenvalue weighted by Crippen LogP contribution is 2.28. The zero-order valence-corrected chi connectivity index (χ0v) is 17.9. The Bertz CT molecular complexity index is 1230. The van der Waals surface area contributed by atoms with E-state index in [0.717, 1.165) is 16.8 Å². The number of nitrogens with zero attached hydrogens (tertiary/aromatic N) is 2. The summed E-state index contributed by atoms with van der Waals surface area (Å²) in [6, 6.07) is 21.9. The zero-order chi connectivity index (χ0) is 22.3. The number of rotatable bonds is 6. The van der Waals surface area contributed by atoms with E-state index >= 15 is 0 Å². The molecule has 160 valence electrons. The van der Waals surface area contributed by atoms with Crippen LogP contribution in [0.1, 0.15) is 0 Å². The maximum atomic E-state index is 12.4. The second-order valence-corrected chi connectivity index (χ2v) is 7.19. The van der Waals surface area contributed by atoms with Gasteiger partial charge in [-0.1, -0.05) is 29.8 Å². The second-order valence-electron chi connectivity index (χ2n) is 6.78. The summed E-state index contributed by atoms with van der Waals surface area (Å²) in [4.78, 5) is 21.0. The van der Waals surface area contributed by atoms with Gasteiger partial charge in [-0.05, 0) is 65.7 Å². The molecule has 2 aromatic carbocycles. The molecule has 0 bridgehead atoms. The molecule has 0 aliphatic rings. The minimum absolute atomic E-state index is 0.406. The Balaban J connectivity index is 1.46. The predicted octanol–water partition coefficient (Wildman–Crippen LogP) is 6.19. The molecule has 0 saturated heterocycles. The Labute approximate surface area is 190 Å². The molecule has 32 heavy (non-hydrogen) atoms. The average Bonchev–Trinajstić information content (AvgIpc) is 2.80. The summed E-state index contributed by atoms with van der Waals surface area (Å²) >= 11 is 6.11. The van der Waals surface area contributed by atoms with Crippen molar-refractivity contribution >= 4 is 40.6 Å².